The van der Waals surface area contributed by atoms with Gasteiger partial charge in [0.2, 0.25) is 5.75 Å². The maximum Gasteiger partial charge on any atom is 0.338 e. The maximum absolute atomic E-state index is 13.6. The van der Waals surface area contributed by atoms with E-state index >= 15 is 0 Å². The summed E-state index contributed by atoms with van der Waals surface area (Å²) < 4.78 is 16.9. The molecule has 0 saturated heterocycles. The smallest absolute Gasteiger partial charge is 0.338 e. The van der Waals surface area contributed by atoms with Crippen LogP contribution in [-0.4, -0.2) is 62.5 Å². The number of fused-ring (bicyclic) bond motifs is 4. The second-order valence-corrected chi connectivity index (χ2v) is 14.7. The van der Waals surface area contributed by atoms with E-state index in [9.17, 15) is 9.90 Å². The molecule has 1 aromatic rings. The summed E-state index contributed by atoms with van der Waals surface area (Å²) in [6.07, 6.45) is 11.1. The second-order valence-electron chi connectivity index (χ2n) is 14.7. The first-order valence-electron chi connectivity index (χ1n) is 15.7. The molecule has 8 atom stereocenters. The van der Waals surface area contributed by atoms with Crippen LogP contribution in [0.25, 0.3) is 0 Å². The molecule has 0 aliphatic heterocycles. The van der Waals surface area contributed by atoms with Crippen molar-refractivity contribution in [2.45, 2.75) is 91.3 Å². The number of benzene rings is 1. The van der Waals surface area contributed by atoms with Gasteiger partial charge in [0.15, 0.2) is 11.5 Å². The number of phenolic OH excluding ortho intramolecular Hbond substituents is 1. The van der Waals surface area contributed by atoms with Crippen LogP contribution in [0.5, 0.6) is 17.2 Å². The Morgan fingerprint density at radius 3 is 2.21 bits per heavy atom. The Labute approximate surface area is 252 Å². The van der Waals surface area contributed by atoms with Crippen molar-refractivity contribution in [3.8, 4) is 17.2 Å². The average Bonchev–Trinajstić information content (AvgIpc) is 3.02. The van der Waals surface area contributed by atoms with E-state index in [4.69, 9.17) is 19.9 Å². The normalized spacial score (nSPS) is 36.0. The summed E-state index contributed by atoms with van der Waals surface area (Å²) in [6, 6.07) is 3.45. The molecule has 8 unspecified atom stereocenters. The van der Waals surface area contributed by atoms with Gasteiger partial charge in [-0.3, -0.25) is 0 Å². The Bertz CT molecular complexity index is 1260. The van der Waals surface area contributed by atoms with E-state index in [1.807, 2.05) is 0 Å². The van der Waals surface area contributed by atoms with Crippen LogP contribution in [0.4, 0.5) is 0 Å². The number of carbonyl (C=O) groups excluding carboxylic acids is 1. The van der Waals surface area contributed by atoms with Gasteiger partial charge in [0.25, 0.3) is 0 Å². The SMILES string of the molecule is COc1cc(C(=O)OC2CC3(C)C4CCC5C(=CC4=CCC3(C)C2C(C)N)CCC(N(C)C)C5(C)C)cc(OC)c1O. The fourth-order valence-corrected chi connectivity index (χ4v) is 9.97. The summed E-state index contributed by atoms with van der Waals surface area (Å²) in [6.45, 7) is 11.8. The number of hydrogen-bond donors (Lipinski definition) is 2. The van der Waals surface area contributed by atoms with Crippen molar-refractivity contribution in [3.05, 3.63) is 41.0 Å². The van der Waals surface area contributed by atoms with Crippen LogP contribution in [0.15, 0.2) is 35.4 Å². The summed E-state index contributed by atoms with van der Waals surface area (Å²) >= 11 is 0. The lowest BCUT2D eigenvalue weighted by atomic mass is 9.51. The Kier molecular flexibility index (Phi) is 8.02. The molecular weight excluding hydrogens is 528 g/mol. The van der Waals surface area contributed by atoms with Crippen LogP contribution >= 0.6 is 0 Å². The Morgan fingerprint density at radius 2 is 1.64 bits per heavy atom. The molecule has 1 aromatic carbocycles. The van der Waals surface area contributed by atoms with Gasteiger partial charge in [-0.25, -0.2) is 4.79 Å². The predicted molar refractivity (Wildman–Crippen MR) is 166 cm³/mol. The van der Waals surface area contributed by atoms with Gasteiger partial charge in [0.05, 0.1) is 19.8 Å². The molecule has 0 amide bonds. The molecule has 0 bridgehead atoms. The van der Waals surface area contributed by atoms with Gasteiger partial charge in [-0.05, 0) is 105 Å². The van der Waals surface area contributed by atoms with Crippen molar-refractivity contribution in [3.63, 3.8) is 0 Å². The highest BCUT2D eigenvalue weighted by Crippen LogP contribution is 2.68. The molecule has 232 valence electrons. The molecule has 4 aliphatic rings. The molecular formula is C35H52N2O5. The number of nitrogens with zero attached hydrogens (tertiary/aromatic N) is 1. The zero-order valence-electron chi connectivity index (χ0n) is 27.1. The van der Waals surface area contributed by atoms with Crippen LogP contribution in [0.1, 0.15) is 83.5 Å². The molecule has 0 radical (unpaired) electrons. The average molecular weight is 581 g/mol. The molecule has 2 saturated carbocycles. The van der Waals surface area contributed by atoms with Gasteiger partial charge in [0.1, 0.15) is 6.10 Å². The van der Waals surface area contributed by atoms with Crippen LogP contribution in [-0.2, 0) is 4.74 Å². The monoisotopic (exact) mass is 580 g/mol. The number of ether oxygens (including phenoxy) is 3. The zero-order chi connectivity index (χ0) is 30.8. The minimum atomic E-state index is -0.452. The van der Waals surface area contributed by atoms with Gasteiger partial charge in [-0.2, -0.15) is 0 Å². The molecule has 3 N–H and O–H groups in total. The summed E-state index contributed by atoms with van der Waals surface area (Å²) in [5.41, 5.74) is 10.2. The quantitative estimate of drug-likeness (QED) is 0.379. The van der Waals surface area contributed by atoms with Crippen molar-refractivity contribution in [2.24, 2.45) is 39.7 Å². The summed E-state index contributed by atoms with van der Waals surface area (Å²) in [4.78, 5) is 16.0. The lowest BCUT2D eigenvalue weighted by molar-refractivity contribution is -0.0108. The fourth-order valence-electron chi connectivity index (χ4n) is 9.97. The number of hydrogen-bond acceptors (Lipinski definition) is 7. The summed E-state index contributed by atoms with van der Waals surface area (Å²) in [5, 5.41) is 10.4. The molecule has 0 spiro atoms. The third-order valence-electron chi connectivity index (χ3n) is 12.2. The Hall–Kier alpha value is -2.51. The highest BCUT2D eigenvalue weighted by atomic mass is 16.5. The summed E-state index contributed by atoms with van der Waals surface area (Å²) in [7, 11) is 7.35. The van der Waals surface area contributed by atoms with Crippen LogP contribution in [0.3, 0.4) is 0 Å². The largest absolute Gasteiger partial charge is 0.502 e. The van der Waals surface area contributed by atoms with Crippen molar-refractivity contribution in [1.82, 2.24) is 4.90 Å². The van der Waals surface area contributed by atoms with E-state index in [0.717, 1.165) is 25.7 Å². The van der Waals surface area contributed by atoms with Gasteiger partial charge in [0, 0.05) is 18.0 Å². The molecule has 42 heavy (non-hydrogen) atoms. The standard InChI is InChI=1S/C35H52N2O5/c1-20(36)30-28(42-32(39)23-17-26(40-8)31(38)27(18-23)41-9)19-35(5)25-12-11-24-21(16-22(25)14-15-34(30,35)4)10-13-29(37(6)7)33(24,2)3/h14,16-18,20,24-25,28-30,38H,10-13,15,19,36H2,1-9H3. The van der Waals surface area contributed by atoms with Gasteiger partial charge >= 0.3 is 5.97 Å². The van der Waals surface area contributed by atoms with E-state index in [-0.39, 0.29) is 57.1 Å². The summed E-state index contributed by atoms with van der Waals surface area (Å²) in [5.74, 6) is 0.722. The van der Waals surface area contributed by atoms with Crippen molar-refractivity contribution in [1.29, 1.82) is 0 Å². The van der Waals surface area contributed by atoms with Crippen LogP contribution in [0, 0.1) is 34.0 Å². The van der Waals surface area contributed by atoms with Crippen molar-refractivity contribution < 1.29 is 24.1 Å². The van der Waals surface area contributed by atoms with E-state index in [2.05, 4.69) is 65.8 Å². The number of nitrogens with two attached hydrogens (primary N) is 1. The number of aromatic hydroxyl groups is 1. The van der Waals surface area contributed by atoms with Crippen molar-refractivity contribution in [2.75, 3.05) is 28.3 Å². The van der Waals surface area contributed by atoms with Crippen LogP contribution in [0.2, 0.25) is 0 Å². The highest BCUT2D eigenvalue weighted by Gasteiger charge is 2.65. The molecule has 5 rings (SSSR count). The van der Waals surface area contributed by atoms with E-state index in [1.54, 1.807) is 5.57 Å². The number of methoxy groups -OCH3 is 2. The Morgan fingerprint density at radius 1 is 1.02 bits per heavy atom. The van der Waals surface area contributed by atoms with Gasteiger partial charge < -0.3 is 30.0 Å². The van der Waals surface area contributed by atoms with Crippen LogP contribution < -0.4 is 15.2 Å². The molecule has 7 nitrogen and oxygen atoms in total. The molecule has 0 aromatic heterocycles. The molecule has 2 fully saturated rings. The number of phenols is 1. The topological polar surface area (TPSA) is 94.2 Å². The van der Waals surface area contributed by atoms with E-state index in [1.165, 1.54) is 44.8 Å². The Balaban J connectivity index is 1.46. The number of carbonyl (C=O) groups is 1. The van der Waals surface area contributed by atoms with Gasteiger partial charge in [-0.15, -0.1) is 0 Å². The fraction of sp³-hybridized carbons (Fsp3) is 0.686. The van der Waals surface area contributed by atoms with Gasteiger partial charge in [-0.1, -0.05) is 45.4 Å². The molecule has 0 heterocycles. The zero-order valence-corrected chi connectivity index (χ0v) is 27.1. The molecule has 7 heteroatoms. The van der Waals surface area contributed by atoms with E-state index in [0.29, 0.717) is 17.9 Å². The maximum atomic E-state index is 13.6. The highest BCUT2D eigenvalue weighted by molar-refractivity contribution is 5.91. The number of esters is 1. The third-order valence-corrected chi connectivity index (χ3v) is 12.2. The number of rotatable bonds is 6. The van der Waals surface area contributed by atoms with Crippen molar-refractivity contribution >= 4 is 5.97 Å². The first-order valence-corrected chi connectivity index (χ1v) is 15.7. The van der Waals surface area contributed by atoms with E-state index < -0.39 is 5.97 Å². The second kappa shape index (κ2) is 10.9. The lowest BCUT2D eigenvalue weighted by Crippen LogP contribution is -2.50. The predicted octanol–water partition coefficient (Wildman–Crippen LogP) is 6.35. The minimum Gasteiger partial charge on any atom is -0.502 e. The lowest BCUT2D eigenvalue weighted by Gasteiger charge is -2.53. The third kappa shape index (κ3) is 4.66. The number of allylic oxidation sites excluding steroid dienone is 4. The first kappa shape index (κ1) is 30.9. The molecule has 4 aliphatic carbocycles. The minimum absolute atomic E-state index is 0.0119. The first-order chi connectivity index (χ1) is 19.7.